The molecule has 5 aromatic rings. The molecule has 2 N–H and O–H groups in total. The summed E-state index contributed by atoms with van der Waals surface area (Å²) in [7, 11) is 0. The number of benzene rings is 3. The predicted octanol–water partition coefficient (Wildman–Crippen LogP) is 5.62. The molecule has 5 nitrogen and oxygen atoms in total. The molecule has 0 aliphatic heterocycles. The van der Waals surface area contributed by atoms with E-state index in [-0.39, 0.29) is 18.2 Å². The maximum absolute atomic E-state index is 12.9. The molecule has 3 aromatic carbocycles. The minimum absolute atomic E-state index is 0.0320. The van der Waals surface area contributed by atoms with Crippen molar-refractivity contribution in [3.05, 3.63) is 114 Å². The molecule has 0 aliphatic carbocycles. The number of hydrogen-bond donors (Lipinski definition) is 2. The summed E-state index contributed by atoms with van der Waals surface area (Å²) in [5.74, 6) is 1.16. The van der Waals surface area contributed by atoms with Gasteiger partial charge in [0.2, 0.25) is 11.8 Å². The number of H-pyrrole nitrogens is 1. The molecular formula is C28H25N3O2. The normalized spacial score (nSPS) is 12.0. The Morgan fingerprint density at radius 2 is 1.67 bits per heavy atom. The van der Waals surface area contributed by atoms with Gasteiger partial charge in [-0.1, -0.05) is 66.7 Å². The number of carbonyl (C=O) groups excluding carboxylic acids is 1. The average Bonchev–Trinajstić information content (AvgIpc) is 3.44. The fraction of sp³-hybridized carbons (Fsp3) is 0.143. The second-order valence-corrected chi connectivity index (χ2v) is 8.12. The highest BCUT2D eigenvalue weighted by molar-refractivity contribution is 5.84. The van der Waals surface area contributed by atoms with Crippen molar-refractivity contribution in [3.8, 4) is 11.5 Å². The van der Waals surface area contributed by atoms with Crippen molar-refractivity contribution in [2.75, 3.05) is 6.54 Å². The average molecular weight is 436 g/mol. The fourth-order valence-electron chi connectivity index (χ4n) is 4.20. The van der Waals surface area contributed by atoms with Crippen molar-refractivity contribution in [1.82, 2.24) is 15.3 Å². The minimum Gasteiger partial charge on any atom is -0.441 e. The number of oxazole rings is 1. The Kier molecular flexibility index (Phi) is 5.77. The van der Waals surface area contributed by atoms with Gasteiger partial charge in [-0.25, -0.2) is 4.98 Å². The second-order valence-electron chi connectivity index (χ2n) is 8.12. The molecule has 0 saturated heterocycles. The van der Waals surface area contributed by atoms with Crippen LogP contribution in [0.1, 0.15) is 28.5 Å². The van der Waals surface area contributed by atoms with Gasteiger partial charge in [0.1, 0.15) is 5.76 Å². The standard InChI is InChI=1S/C28H25N3O2/c1-19-26(31-28(33-19)21-12-6-3-7-13-21)16-27(32)30-17-23(20-10-4-2-5-11-20)24-18-29-25-15-9-8-14-22(24)25/h2-15,18,23,29H,16-17H2,1H3,(H,30,32)/t23-/m1/s1. The van der Waals surface area contributed by atoms with Crippen LogP contribution in [0.3, 0.4) is 0 Å². The molecule has 0 spiro atoms. The van der Waals surface area contributed by atoms with E-state index in [2.05, 4.69) is 39.6 Å². The highest BCUT2D eigenvalue weighted by atomic mass is 16.4. The maximum Gasteiger partial charge on any atom is 0.226 e. The van der Waals surface area contributed by atoms with Crippen molar-refractivity contribution in [3.63, 3.8) is 0 Å². The van der Waals surface area contributed by atoms with Gasteiger partial charge >= 0.3 is 0 Å². The minimum atomic E-state index is -0.0771. The first-order chi connectivity index (χ1) is 16.2. The lowest BCUT2D eigenvalue weighted by Gasteiger charge is -2.18. The zero-order valence-corrected chi connectivity index (χ0v) is 18.4. The Hall–Kier alpha value is -4.12. The summed E-state index contributed by atoms with van der Waals surface area (Å²) in [5.41, 5.74) is 4.98. The van der Waals surface area contributed by atoms with Gasteiger partial charge in [0.05, 0.1) is 12.1 Å². The van der Waals surface area contributed by atoms with Crippen LogP contribution >= 0.6 is 0 Å². The van der Waals surface area contributed by atoms with Crippen LogP contribution in [0.2, 0.25) is 0 Å². The third kappa shape index (κ3) is 4.44. The third-order valence-corrected chi connectivity index (χ3v) is 5.94. The molecule has 2 heterocycles. The molecule has 2 aromatic heterocycles. The Labute approximate surface area is 192 Å². The molecule has 0 saturated carbocycles. The lowest BCUT2D eigenvalue weighted by atomic mass is 9.91. The van der Waals surface area contributed by atoms with Crippen LogP contribution in [0, 0.1) is 6.92 Å². The maximum atomic E-state index is 12.9. The number of carbonyl (C=O) groups is 1. The van der Waals surface area contributed by atoms with Gasteiger partial charge in [0.15, 0.2) is 0 Å². The van der Waals surface area contributed by atoms with Gasteiger partial charge in [0.25, 0.3) is 0 Å². The largest absolute Gasteiger partial charge is 0.441 e. The summed E-state index contributed by atoms with van der Waals surface area (Å²) in [4.78, 5) is 20.8. The first-order valence-electron chi connectivity index (χ1n) is 11.1. The summed E-state index contributed by atoms with van der Waals surface area (Å²) >= 11 is 0. The molecule has 0 radical (unpaired) electrons. The van der Waals surface area contributed by atoms with Crippen LogP contribution in [-0.2, 0) is 11.2 Å². The number of para-hydroxylation sites is 1. The number of aryl methyl sites for hydroxylation is 1. The monoisotopic (exact) mass is 435 g/mol. The van der Waals surface area contributed by atoms with Gasteiger partial charge in [-0.15, -0.1) is 0 Å². The SMILES string of the molecule is Cc1oc(-c2ccccc2)nc1CC(=O)NC[C@H](c1ccccc1)c1c[nH]c2ccccc12. The van der Waals surface area contributed by atoms with Crippen molar-refractivity contribution >= 4 is 16.8 Å². The van der Waals surface area contributed by atoms with Gasteiger partial charge in [-0.2, -0.15) is 0 Å². The quantitative estimate of drug-likeness (QED) is 0.348. The fourth-order valence-corrected chi connectivity index (χ4v) is 4.20. The first-order valence-corrected chi connectivity index (χ1v) is 11.1. The van der Waals surface area contributed by atoms with E-state index >= 15 is 0 Å². The number of aromatic amines is 1. The summed E-state index contributed by atoms with van der Waals surface area (Å²) < 4.78 is 5.81. The number of aromatic nitrogens is 2. The molecule has 164 valence electrons. The Bertz CT molecular complexity index is 1370. The van der Waals surface area contributed by atoms with Crippen LogP contribution < -0.4 is 5.32 Å². The number of rotatable bonds is 7. The number of fused-ring (bicyclic) bond motifs is 1. The number of nitrogens with zero attached hydrogens (tertiary/aromatic N) is 1. The van der Waals surface area contributed by atoms with Gasteiger partial charge in [-0.3, -0.25) is 4.79 Å². The van der Waals surface area contributed by atoms with E-state index in [4.69, 9.17) is 4.42 Å². The van der Waals surface area contributed by atoms with Crippen LogP contribution in [0.5, 0.6) is 0 Å². The van der Waals surface area contributed by atoms with E-state index in [9.17, 15) is 4.79 Å². The van der Waals surface area contributed by atoms with E-state index in [1.807, 2.05) is 73.8 Å². The zero-order chi connectivity index (χ0) is 22.6. The molecule has 1 atom stereocenters. The molecule has 0 unspecified atom stereocenters. The summed E-state index contributed by atoms with van der Waals surface area (Å²) in [5, 5.41) is 4.29. The topological polar surface area (TPSA) is 70.9 Å². The lowest BCUT2D eigenvalue weighted by Crippen LogP contribution is -2.30. The third-order valence-electron chi connectivity index (χ3n) is 5.94. The smallest absolute Gasteiger partial charge is 0.226 e. The molecule has 5 rings (SSSR count). The van der Waals surface area contributed by atoms with Crippen LogP contribution in [-0.4, -0.2) is 22.4 Å². The van der Waals surface area contributed by atoms with Crippen molar-refractivity contribution in [2.24, 2.45) is 0 Å². The van der Waals surface area contributed by atoms with Crippen LogP contribution in [0.15, 0.2) is 95.5 Å². The van der Waals surface area contributed by atoms with E-state index < -0.39 is 0 Å². The lowest BCUT2D eigenvalue weighted by molar-refractivity contribution is -0.120. The van der Waals surface area contributed by atoms with E-state index in [1.165, 1.54) is 10.9 Å². The van der Waals surface area contributed by atoms with Crippen molar-refractivity contribution in [2.45, 2.75) is 19.3 Å². The predicted molar refractivity (Wildman–Crippen MR) is 130 cm³/mol. The molecular weight excluding hydrogens is 410 g/mol. The number of amides is 1. The molecule has 0 fully saturated rings. The number of nitrogens with one attached hydrogen (secondary N) is 2. The number of hydrogen-bond acceptors (Lipinski definition) is 3. The summed E-state index contributed by atoms with van der Waals surface area (Å²) in [6, 6.07) is 28.2. The van der Waals surface area contributed by atoms with Gasteiger partial charge < -0.3 is 14.7 Å². The van der Waals surface area contributed by atoms with Crippen molar-refractivity contribution < 1.29 is 9.21 Å². The van der Waals surface area contributed by atoms with E-state index in [1.54, 1.807) is 0 Å². The van der Waals surface area contributed by atoms with Gasteiger partial charge in [-0.05, 0) is 36.2 Å². The van der Waals surface area contributed by atoms with Crippen molar-refractivity contribution in [1.29, 1.82) is 0 Å². The highest BCUT2D eigenvalue weighted by Gasteiger charge is 2.20. The summed E-state index contributed by atoms with van der Waals surface area (Å²) in [6.45, 7) is 2.34. The molecule has 5 heteroatoms. The Balaban J connectivity index is 1.34. The van der Waals surface area contributed by atoms with E-state index in [0.29, 0.717) is 23.9 Å². The molecule has 33 heavy (non-hydrogen) atoms. The summed E-state index contributed by atoms with van der Waals surface area (Å²) in [6.07, 6.45) is 2.22. The Morgan fingerprint density at radius 3 is 2.45 bits per heavy atom. The first kappa shape index (κ1) is 20.8. The molecule has 0 bridgehead atoms. The van der Waals surface area contributed by atoms with E-state index in [0.717, 1.165) is 16.6 Å². The zero-order valence-electron chi connectivity index (χ0n) is 18.4. The molecule has 0 aliphatic rings. The molecule has 1 amide bonds. The van der Waals surface area contributed by atoms with Crippen LogP contribution in [0.4, 0.5) is 0 Å². The Morgan fingerprint density at radius 1 is 0.970 bits per heavy atom. The van der Waals surface area contributed by atoms with Crippen LogP contribution in [0.25, 0.3) is 22.4 Å². The second kappa shape index (κ2) is 9.17. The van der Waals surface area contributed by atoms with Gasteiger partial charge in [0, 0.05) is 35.1 Å². The highest BCUT2D eigenvalue weighted by Crippen LogP contribution is 2.30.